The Kier molecular flexibility index (Phi) is 21.5. The first-order valence-electron chi connectivity index (χ1n) is 24.4. The highest BCUT2D eigenvalue weighted by molar-refractivity contribution is 5.87. The van der Waals surface area contributed by atoms with Crippen molar-refractivity contribution in [2.24, 2.45) is 53.3 Å². The van der Waals surface area contributed by atoms with Crippen molar-refractivity contribution in [2.45, 2.75) is 190 Å². The highest BCUT2D eigenvalue weighted by Crippen LogP contribution is 2.60. The third-order valence-electron chi connectivity index (χ3n) is 15.9. The Labute approximate surface area is 427 Å². The summed E-state index contributed by atoms with van der Waals surface area (Å²) in [6, 6.07) is 0. The summed E-state index contributed by atoms with van der Waals surface area (Å²) < 4.78 is 255. The average molecular weight is 1140 g/mol. The predicted molar refractivity (Wildman–Crippen MR) is 233 cm³/mol. The topological polar surface area (TPSA) is 129 Å². The van der Waals surface area contributed by atoms with Crippen LogP contribution in [0.4, 0.5) is 79.0 Å². The smallest absolute Gasteiger partial charge is 0.437 e. The fourth-order valence-electron chi connectivity index (χ4n) is 12.3. The molecule has 6 aliphatic rings. The van der Waals surface area contributed by atoms with Gasteiger partial charge >= 0.3 is 60.6 Å². The summed E-state index contributed by atoms with van der Waals surface area (Å²) in [5.41, 5.74) is -13.6. The second-order valence-electron chi connectivity index (χ2n) is 20.7. The number of halogens is 18. The molecule has 0 radical (unpaired) electrons. The van der Waals surface area contributed by atoms with Gasteiger partial charge < -0.3 is 29.2 Å². The van der Waals surface area contributed by atoms with Gasteiger partial charge in [0.1, 0.15) is 12.2 Å². The highest BCUT2D eigenvalue weighted by Gasteiger charge is 2.77. The molecule has 0 heterocycles. The Morgan fingerprint density at radius 3 is 1.37 bits per heavy atom. The third-order valence-corrected chi connectivity index (χ3v) is 15.9. The highest BCUT2D eigenvalue weighted by atomic mass is 19.4. The first kappa shape index (κ1) is 66.4. The molecular formula is C49H64F18O9. The minimum Gasteiger partial charge on any atom is -0.505 e. The maximum atomic E-state index is 13.3. The summed E-state index contributed by atoms with van der Waals surface area (Å²) in [7, 11) is 1.56. The van der Waals surface area contributed by atoms with Gasteiger partial charge in [0.15, 0.2) is 0 Å². The largest absolute Gasteiger partial charge is 0.505 e. The number of aliphatic hydroxyl groups is 2. The van der Waals surface area contributed by atoms with Gasteiger partial charge in [0.2, 0.25) is 0 Å². The lowest BCUT2D eigenvalue weighted by Gasteiger charge is -2.50. The van der Waals surface area contributed by atoms with Gasteiger partial charge in [-0.3, -0.25) is 4.79 Å². The van der Waals surface area contributed by atoms with Crippen LogP contribution in [-0.2, 0) is 33.3 Å². The summed E-state index contributed by atoms with van der Waals surface area (Å²) in [5.74, 6) is -9.88. The molecule has 11 atom stereocenters. The minimum atomic E-state index is -5.83. The third kappa shape index (κ3) is 14.5. The Morgan fingerprint density at radius 1 is 0.526 bits per heavy atom. The van der Waals surface area contributed by atoms with Crippen LogP contribution in [0.15, 0.2) is 37.1 Å². The molecule has 0 aromatic carbocycles. The van der Waals surface area contributed by atoms with Gasteiger partial charge in [-0.25, -0.2) is 9.59 Å². The molecule has 0 saturated heterocycles. The normalized spacial score (nSPS) is 29.0. The maximum Gasteiger partial charge on any atom is 0.437 e. The second kappa shape index (κ2) is 24.6. The molecule has 76 heavy (non-hydrogen) atoms. The first-order chi connectivity index (χ1) is 34.5. The number of carbonyl (C=O) groups excluding carboxylic acids is 3. The molecule has 0 spiro atoms. The molecule has 2 N–H and O–H groups in total. The summed E-state index contributed by atoms with van der Waals surface area (Å²) >= 11 is 0. The van der Waals surface area contributed by atoms with Crippen LogP contribution in [0.25, 0.3) is 0 Å². The molecule has 6 saturated carbocycles. The fourth-order valence-corrected chi connectivity index (χ4v) is 12.3. The molecule has 0 aromatic heterocycles. The number of ether oxygens (including phenoxy) is 4. The summed E-state index contributed by atoms with van der Waals surface area (Å²) in [4.78, 5) is 34.2. The molecule has 6 aliphatic carbocycles. The lowest BCUT2D eigenvalue weighted by atomic mass is 9.59. The zero-order chi connectivity index (χ0) is 58.6. The van der Waals surface area contributed by atoms with Crippen LogP contribution in [0.1, 0.15) is 124 Å². The van der Waals surface area contributed by atoms with Gasteiger partial charge in [0.05, 0.1) is 13.4 Å². The van der Waals surface area contributed by atoms with E-state index in [0.717, 1.165) is 6.42 Å². The number of hydrogen-bond donors (Lipinski definition) is 2. The van der Waals surface area contributed by atoms with Crippen molar-refractivity contribution >= 4 is 17.9 Å². The fraction of sp³-hybridized carbons (Fsp3) is 0.816. The standard InChI is InChI=1S/C17H22F6O3.C16H20F6O3.C13H16F6O2.C3H6O/c1-9(2)14(24)26-13-8-4-5-10-11(13)6-3-7-12(10)15(25,16(18,19)20)17(21,22)23;1-8(2)13(23)25-12-6-3-9-7-10(4-5-11(9)12)14(24,15(17,18)19)16(20,21)22;1-7(20)21-11(12(14,15)16,13(17,18)19)6-10-5-8-2-3-9(10)4-8;1-3-4-2/h10-13,25H,1,3-8H2,2H3;9-12,24H,1,3-7H2,2H3;8-10H,2-6H2,1H3;3H,1H2,2H3. The van der Waals surface area contributed by atoms with Gasteiger partial charge in [-0.05, 0) is 139 Å². The zero-order valence-electron chi connectivity index (χ0n) is 41.9. The first-order valence-corrected chi connectivity index (χ1v) is 24.4. The lowest BCUT2D eigenvalue weighted by Crippen LogP contribution is -2.65. The van der Waals surface area contributed by atoms with Crippen molar-refractivity contribution in [3.63, 3.8) is 0 Å². The number of fused-ring (bicyclic) bond motifs is 4. The summed E-state index contributed by atoms with van der Waals surface area (Å²) in [6.45, 7) is 13.6. The predicted octanol–water partition coefficient (Wildman–Crippen LogP) is 13.7. The Morgan fingerprint density at radius 2 is 0.974 bits per heavy atom. The number of hydrogen-bond acceptors (Lipinski definition) is 9. The molecular weight excluding hydrogens is 1070 g/mol. The van der Waals surface area contributed by atoms with Gasteiger partial charge in [0.25, 0.3) is 11.2 Å². The van der Waals surface area contributed by atoms with Crippen LogP contribution in [0.3, 0.4) is 0 Å². The van der Waals surface area contributed by atoms with E-state index in [1.54, 1.807) is 7.11 Å². The van der Waals surface area contributed by atoms with Crippen molar-refractivity contribution in [3.05, 3.63) is 37.1 Å². The van der Waals surface area contributed by atoms with Crippen molar-refractivity contribution in [1.29, 1.82) is 0 Å². The van der Waals surface area contributed by atoms with Gasteiger partial charge in [-0.1, -0.05) is 32.6 Å². The summed E-state index contributed by atoms with van der Waals surface area (Å²) in [6.07, 6.45) is -32.3. The molecule has 0 aromatic rings. The van der Waals surface area contributed by atoms with Crippen molar-refractivity contribution in [2.75, 3.05) is 7.11 Å². The molecule has 6 fully saturated rings. The van der Waals surface area contributed by atoms with Crippen molar-refractivity contribution in [1.82, 2.24) is 0 Å². The monoisotopic (exact) mass is 1140 g/mol. The van der Waals surface area contributed by atoms with E-state index in [4.69, 9.17) is 9.47 Å². The van der Waals surface area contributed by atoms with E-state index in [9.17, 15) is 104 Å². The molecule has 0 amide bonds. The maximum absolute atomic E-state index is 13.3. The summed E-state index contributed by atoms with van der Waals surface area (Å²) in [5, 5.41) is 19.4. The van der Waals surface area contributed by atoms with Gasteiger partial charge in [0, 0.05) is 36.3 Å². The van der Waals surface area contributed by atoms with Crippen molar-refractivity contribution < 1.29 is 123 Å². The number of esters is 3. The number of methoxy groups -OCH3 is 1. The Balaban J connectivity index is 0.000000291. The van der Waals surface area contributed by atoms with Crippen LogP contribution >= 0.6 is 0 Å². The van der Waals surface area contributed by atoms with E-state index in [1.165, 1.54) is 20.1 Å². The zero-order valence-corrected chi connectivity index (χ0v) is 41.9. The van der Waals surface area contributed by atoms with Crippen molar-refractivity contribution in [3.8, 4) is 0 Å². The van der Waals surface area contributed by atoms with Gasteiger partial charge in [-0.15, -0.1) is 0 Å². The molecule has 440 valence electrons. The minimum absolute atomic E-state index is 0.0396. The van der Waals surface area contributed by atoms with E-state index in [-0.39, 0.29) is 54.6 Å². The Bertz CT molecular complexity index is 1970. The van der Waals surface area contributed by atoms with Crippen LogP contribution in [0.2, 0.25) is 0 Å². The van der Waals surface area contributed by atoms with Crippen LogP contribution in [0, 0.1) is 53.3 Å². The molecule has 0 aliphatic heterocycles. The van der Waals surface area contributed by atoms with Crippen LogP contribution in [-0.4, -0.2) is 101 Å². The average Bonchev–Trinajstić information content (AvgIpc) is 4.02. The van der Waals surface area contributed by atoms with E-state index < -0.39 is 139 Å². The molecule has 11 unspecified atom stereocenters. The van der Waals surface area contributed by atoms with E-state index in [1.807, 2.05) is 0 Å². The van der Waals surface area contributed by atoms with E-state index in [0.29, 0.717) is 58.3 Å². The van der Waals surface area contributed by atoms with Crippen LogP contribution in [0.5, 0.6) is 0 Å². The number of rotatable bonds is 10. The van der Waals surface area contributed by atoms with Gasteiger partial charge in [-0.2, -0.15) is 79.0 Å². The molecule has 9 nitrogen and oxygen atoms in total. The molecule has 6 rings (SSSR count). The molecule has 27 heteroatoms. The van der Waals surface area contributed by atoms with E-state index in [2.05, 4.69) is 29.2 Å². The van der Waals surface area contributed by atoms with Crippen LogP contribution < -0.4 is 0 Å². The number of carbonyl (C=O) groups is 3. The SMILES string of the molecule is C=C(C)C(=O)OC1CCC2CC(C(O)(C(F)(F)F)C(F)(F)F)CCC21.C=C(C)C(=O)OC1CCCC2C1CCCC2C(O)(C(F)(F)F)C(F)(F)F.C=COC.CC(=O)OC(CC1CC2CCC1C2)(C(F)(F)F)C(F)(F)F. The second-order valence-corrected chi connectivity index (χ2v) is 20.7. The lowest BCUT2D eigenvalue weighted by molar-refractivity contribution is -0.394. The molecule has 2 bridgehead atoms. The van der Waals surface area contributed by atoms with E-state index >= 15 is 0 Å². The number of alkyl halides is 18. The Hall–Kier alpha value is -3.91. The quantitative estimate of drug-likeness (QED) is 0.0722.